The summed E-state index contributed by atoms with van der Waals surface area (Å²) in [5, 5.41) is 12.3. The van der Waals surface area contributed by atoms with Crippen molar-refractivity contribution in [1.29, 1.82) is 0 Å². The summed E-state index contributed by atoms with van der Waals surface area (Å²) in [6, 6.07) is 7.03. The zero-order chi connectivity index (χ0) is 14.0. The molecule has 0 unspecified atom stereocenters. The van der Waals surface area contributed by atoms with Gasteiger partial charge in [0.1, 0.15) is 5.75 Å². The van der Waals surface area contributed by atoms with Crippen molar-refractivity contribution in [2.24, 2.45) is 0 Å². The van der Waals surface area contributed by atoms with E-state index in [2.05, 4.69) is 19.0 Å². The predicted octanol–water partition coefficient (Wildman–Crippen LogP) is 3.17. The van der Waals surface area contributed by atoms with Crippen molar-refractivity contribution in [3.8, 4) is 17.1 Å². The van der Waals surface area contributed by atoms with Gasteiger partial charge in [0.15, 0.2) is 11.5 Å². The van der Waals surface area contributed by atoms with Crippen LogP contribution in [-0.4, -0.2) is 23.3 Å². The van der Waals surface area contributed by atoms with Crippen LogP contribution >= 0.6 is 0 Å². The monoisotopic (exact) mass is 261 g/mol. The molecule has 0 aliphatic heterocycles. The molecule has 5 nitrogen and oxygen atoms in total. The second-order valence-corrected chi connectivity index (χ2v) is 4.49. The largest absolute Gasteiger partial charge is 0.496 e. The van der Waals surface area contributed by atoms with Crippen molar-refractivity contribution in [3.05, 3.63) is 35.5 Å². The van der Waals surface area contributed by atoms with Gasteiger partial charge in [-0.15, -0.1) is 0 Å². The molecule has 0 amide bonds. The minimum atomic E-state index is -1.11. The summed E-state index contributed by atoms with van der Waals surface area (Å²) >= 11 is 0. The van der Waals surface area contributed by atoms with Crippen molar-refractivity contribution < 1.29 is 19.2 Å². The van der Waals surface area contributed by atoms with E-state index >= 15 is 0 Å². The first-order valence-corrected chi connectivity index (χ1v) is 5.91. The van der Waals surface area contributed by atoms with Crippen LogP contribution in [0.1, 0.15) is 35.8 Å². The Labute approximate surface area is 110 Å². The summed E-state index contributed by atoms with van der Waals surface area (Å²) in [7, 11) is 1.61. The third kappa shape index (κ3) is 2.59. The molecule has 0 saturated carbocycles. The Morgan fingerprint density at radius 1 is 1.37 bits per heavy atom. The third-order valence-electron chi connectivity index (χ3n) is 2.87. The highest BCUT2D eigenvalue weighted by Crippen LogP contribution is 2.31. The van der Waals surface area contributed by atoms with E-state index in [0.717, 1.165) is 16.9 Å². The molecule has 1 N–H and O–H groups in total. The Morgan fingerprint density at radius 2 is 2.11 bits per heavy atom. The number of aromatic carboxylic acids is 1. The van der Waals surface area contributed by atoms with Crippen molar-refractivity contribution >= 4 is 5.97 Å². The SMILES string of the molecule is COc1cc(-c2cc(C(=O)O)no2)ccc1C(C)C. The normalized spacial score (nSPS) is 10.7. The van der Waals surface area contributed by atoms with Crippen molar-refractivity contribution in [2.45, 2.75) is 19.8 Å². The smallest absolute Gasteiger partial charge is 0.358 e. The summed E-state index contributed by atoms with van der Waals surface area (Å²) in [6.45, 7) is 4.16. The fraction of sp³-hybridized carbons (Fsp3) is 0.286. The van der Waals surface area contributed by atoms with E-state index < -0.39 is 5.97 Å². The number of hydrogen-bond donors (Lipinski definition) is 1. The van der Waals surface area contributed by atoms with Crippen molar-refractivity contribution in [3.63, 3.8) is 0 Å². The molecule has 0 atom stereocenters. The van der Waals surface area contributed by atoms with Crippen LogP contribution in [-0.2, 0) is 0 Å². The van der Waals surface area contributed by atoms with Gasteiger partial charge in [0.05, 0.1) is 7.11 Å². The van der Waals surface area contributed by atoms with Crippen LogP contribution in [0.2, 0.25) is 0 Å². The highest BCUT2D eigenvalue weighted by molar-refractivity contribution is 5.86. The zero-order valence-electron chi connectivity index (χ0n) is 11.0. The van der Waals surface area contributed by atoms with Crippen LogP contribution in [0.3, 0.4) is 0 Å². The summed E-state index contributed by atoms with van der Waals surface area (Å²) < 4.78 is 10.4. The maximum absolute atomic E-state index is 10.8. The number of nitrogens with zero attached hydrogens (tertiary/aromatic N) is 1. The average molecular weight is 261 g/mol. The predicted molar refractivity (Wildman–Crippen MR) is 69.5 cm³/mol. The van der Waals surface area contributed by atoms with Crippen molar-refractivity contribution in [2.75, 3.05) is 7.11 Å². The molecule has 1 aromatic carbocycles. The number of rotatable bonds is 4. The van der Waals surface area contributed by atoms with Gasteiger partial charge >= 0.3 is 5.97 Å². The van der Waals surface area contributed by atoms with Gasteiger partial charge in [-0.1, -0.05) is 31.1 Å². The molecular weight excluding hydrogens is 246 g/mol. The van der Waals surface area contributed by atoms with Gasteiger partial charge in [0.25, 0.3) is 0 Å². The Kier molecular flexibility index (Phi) is 3.55. The lowest BCUT2D eigenvalue weighted by molar-refractivity contribution is 0.0686. The van der Waals surface area contributed by atoms with E-state index in [1.54, 1.807) is 7.11 Å². The van der Waals surface area contributed by atoms with E-state index in [0.29, 0.717) is 11.7 Å². The Hall–Kier alpha value is -2.30. The third-order valence-corrected chi connectivity index (χ3v) is 2.87. The first kappa shape index (κ1) is 13.1. The minimum Gasteiger partial charge on any atom is -0.496 e. The van der Waals surface area contributed by atoms with Gasteiger partial charge in [-0.25, -0.2) is 4.79 Å². The molecule has 0 radical (unpaired) electrons. The fourth-order valence-corrected chi connectivity index (χ4v) is 1.85. The molecule has 0 saturated heterocycles. The lowest BCUT2D eigenvalue weighted by Gasteiger charge is -2.12. The lowest BCUT2D eigenvalue weighted by Crippen LogP contribution is -1.95. The zero-order valence-corrected chi connectivity index (χ0v) is 11.0. The molecule has 0 bridgehead atoms. The Balaban J connectivity index is 2.42. The maximum atomic E-state index is 10.8. The molecule has 1 aromatic heterocycles. The maximum Gasteiger partial charge on any atom is 0.358 e. The number of aromatic nitrogens is 1. The van der Waals surface area contributed by atoms with Crippen LogP contribution < -0.4 is 4.74 Å². The van der Waals surface area contributed by atoms with Gasteiger partial charge in [0, 0.05) is 11.6 Å². The number of hydrogen-bond acceptors (Lipinski definition) is 4. The summed E-state index contributed by atoms with van der Waals surface area (Å²) in [5.74, 6) is 0.390. The number of benzene rings is 1. The number of carbonyl (C=O) groups is 1. The van der Waals surface area contributed by atoms with Crippen LogP contribution in [0, 0.1) is 0 Å². The molecule has 1 heterocycles. The van der Waals surface area contributed by atoms with E-state index in [4.69, 9.17) is 14.4 Å². The van der Waals surface area contributed by atoms with Gasteiger partial charge in [-0.2, -0.15) is 0 Å². The summed E-state index contributed by atoms with van der Waals surface area (Å²) in [4.78, 5) is 10.8. The quantitative estimate of drug-likeness (QED) is 0.915. The van der Waals surface area contributed by atoms with Gasteiger partial charge in [0.2, 0.25) is 0 Å². The molecule has 100 valence electrons. The number of carboxylic acids is 1. The number of ether oxygens (including phenoxy) is 1. The van der Waals surface area contributed by atoms with Crippen LogP contribution in [0.5, 0.6) is 5.75 Å². The molecule has 19 heavy (non-hydrogen) atoms. The Morgan fingerprint density at radius 3 is 2.63 bits per heavy atom. The fourth-order valence-electron chi connectivity index (χ4n) is 1.85. The average Bonchev–Trinajstić information content (AvgIpc) is 2.87. The van der Waals surface area contributed by atoms with E-state index in [-0.39, 0.29) is 5.69 Å². The van der Waals surface area contributed by atoms with E-state index in [1.807, 2.05) is 18.2 Å². The molecule has 5 heteroatoms. The molecule has 2 rings (SSSR count). The first-order chi connectivity index (χ1) is 9.02. The molecular formula is C14H15NO4. The van der Waals surface area contributed by atoms with E-state index in [9.17, 15) is 4.79 Å². The standard InChI is InChI=1S/C14H15NO4/c1-8(2)10-5-4-9(6-13(10)18-3)12-7-11(14(16)17)15-19-12/h4-8H,1-3H3,(H,16,17). The molecule has 0 fully saturated rings. The number of carboxylic acid groups (broad SMARTS) is 1. The van der Waals surface area contributed by atoms with Crippen LogP contribution in [0.4, 0.5) is 0 Å². The van der Waals surface area contributed by atoms with E-state index in [1.165, 1.54) is 6.07 Å². The van der Waals surface area contributed by atoms with Crippen molar-refractivity contribution in [1.82, 2.24) is 5.16 Å². The highest BCUT2D eigenvalue weighted by Gasteiger charge is 2.14. The molecule has 0 aliphatic rings. The van der Waals surface area contributed by atoms with Crippen LogP contribution in [0.15, 0.2) is 28.8 Å². The second kappa shape index (κ2) is 5.14. The van der Waals surface area contributed by atoms with Gasteiger partial charge < -0.3 is 14.4 Å². The lowest BCUT2D eigenvalue weighted by atomic mass is 9.99. The topological polar surface area (TPSA) is 72.6 Å². The second-order valence-electron chi connectivity index (χ2n) is 4.49. The number of methoxy groups -OCH3 is 1. The molecule has 0 spiro atoms. The summed E-state index contributed by atoms with van der Waals surface area (Å²) in [5.41, 5.74) is 1.72. The molecule has 2 aromatic rings. The molecule has 0 aliphatic carbocycles. The first-order valence-electron chi connectivity index (χ1n) is 5.91. The van der Waals surface area contributed by atoms with Gasteiger partial charge in [-0.05, 0) is 17.5 Å². The summed E-state index contributed by atoms with van der Waals surface area (Å²) in [6.07, 6.45) is 0. The van der Waals surface area contributed by atoms with Crippen LogP contribution in [0.25, 0.3) is 11.3 Å². The highest BCUT2D eigenvalue weighted by atomic mass is 16.5. The minimum absolute atomic E-state index is 0.109. The Bertz CT molecular complexity index is 601. The van der Waals surface area contributed by atoms with Gasteiger partial charge in [-0.3, -0.25) is 0 Å².